The zero-order valence-corrected chi connectivity index (χ0v) is 15.7. The minimum atomic E-state index is -0.913. The van der Waals surface area contributed by atoms with Crippen LogP contribution in [0.5, 0.6) is 0 Å². The Morgan fingerprint density at radius 2 is 2.04 bits per heavy atom. The van der Waals surface area contributed by atoms with Gasteiger partial charge in [0.05, 0.1) is 11.6 Å². The van der Waals surface area contributed by atoms with E-state index in [1.165, 1.54) is 6.07 Å². The van der Waals surface area contributed by atoms with E-state index >= 15 is 0 Å². The summed E-state index contributed by atoms with van der Waals surface area (Å²) in [6.45, 7) is 4.71. The molecule has 1 heterocycles. The van der Waals surface area contributed by atoms with Crippen LogP contribution in [0, 0.1) is 17.6 Å². The van der Waals surface area contributed by atoms with Crippen LogP contribution in [0.15, 0.2) is 18.2 Å². The van der Waals surface area contributed by atoms with Crippen molar-refractivity contribution in [2.45, 2.75) is 57.1 Å². The summed E-state index contributed by atoms with van der Waals surface area (Å²) < 4.78 is 26.5. The number of carbonyl (C=O) groups is 2. The molecule has 1 aromatic carbocycles. The van der Waals surface area contributed by atoms with Gasteiger partial charge in [-0.2, -0.15) is 0 Å². The molecule has 2 fully saturated rings. The van der Waals surface area contributed by atoms with Crippen LogP contribution in [-0.4, -0.2) is 46.6 Å². The molecule has 2 unspecified atom stereocenters. The Bertz CT molecular complexity index is 736. The van der Waals surface area contributed by atoms with E-state index in [0.717, 1.165) is 12.1 Å². The van der Waals surface area contributed by atoms with Gasteiger partial charge in [-0.15, -0.1) is 0 Å². The molecular formula is C20H26F2N2O3. The fourth-order valence-corrected chi connectivity index (χ4v) is 3.81. The Balaban J connectivity index is 1.53. The minimum Gasteiger partial charge on any atom is -0.393 e. The van der Waals surface area contributed by atoms with E-state index in [1.807, 2.05) is 13.8 Å². The molecule has 148 valence electrons. The first-order chi connectivity index (χ1) is 12.7. The summed E-state index contributed by atoms with van der Waals surface area (Å²) in [6, 6.07) is 3.71. The van der Waals surface area contributed by atoms with Crippen LogP contribution in [0.3, 0.4) is 0 Å². The van der Waals surface area contributed by atoms with Gasteiger partial charge < -0.3 is 15.3 Å². The number of rotatable bonds is 5. The molecule has 0 radical (unpaired) electrons. The van der Waals surface area contributed by atoms with Gasteiger partial charge in [0.25, 0.3) is 0 Å². The number of carbonyl (C=O) groups excluding carboxylic acids is 2. The SMILES string of the molecule is CC(CC(=O)N1CCC(C)(NC(=O)C2CC(O)C2)C1)c1ccc(F)c(F)c1. The van der Waals surface area contributed by atoms with E-state index in [0.29, 0.717) is 37.9 Å². The third-order valence-electron chi connectivity index (χ3n) is 5.73. The summed E-state index contributed by atoms with van der Waals surface area (Å²) >= 11 is 0. The monoisotopic (exact) mass is 380 g/mol. The molecule has 1 saturated carbocycles. The molecule has 3 rings (SSSR count). The third kappa shape index (κ3) is 4.46. The van der Waals surface area contributed by atoms with Crippen molar-refractivity contribution >= 4 is 11.8 Å². The number of benzene rings is 1. The molecule has 1 aliphatic carbocycles. The molecule has 1 saturated heterocycles. The van der Waals surface area contributed by atoms with Gasteiger partial charge in [-0.05, 0) is 49.8 Å². The lowest BCUT2D eigenvalue weighted by Crippen LogP contribution is -2.53. The van der Waals surface area contributed by atoms with Crippen molar-refractivity contribution in [3.05, 3.63) is 35.4 Å². The van der Waals surface area contributed by atoms with Crippen molar-refractivity contribution in [2.24, 2.45) is 5.92 Å². The number of nitrogens with one attached hydrogen (secondary N) is 1. The highest BCUT2D eigenvalue weighted by molar-refractivity contribution is 5.81. The molecule has 0 spiro atoms. The van der Waals surface area contributed by atoms with E-state index in [1.54, 1.807) is 4.90 Å². The Labute approximate surface area is 157 Å². The van der Waals surface area contributed by atoms with Gasteiger partial charge >= 0.3 is 0 Å². The summed E-state index contributed by atoms with van der Waals surface area (Å²) in [5.41, 5.74) is 0.111. The highest BCUT2D eigenvalue weighted by Crippen LogP contribution is 2.30. The van der Waals surface area contributed by atoms with Gasteiger partial charge in [0.1, 0.15) is 0 Å². The number of aliphatic hydroxyl groups is 1. The van der Waals surface area contributed by atoms with Crippen molar-refractivity contribution in [1.82, 2.24) is 10.2 Å². The number of halogens is 2. The Kier molecular flexibility index (Phi) is 5.51. The summed E-state index contributed by atoms with van der Waals surface area (Å²) in [6.07, 6.45) is 1.48. The zero-order valence-electron chi connectivity index (χ0n) is 15.7. The second-order valence-electron chi connectivity index (χ2n) is 8.22. The van der Waals surface area contributed by atoms with Crippen LogP contribution in [0.4, 0.5) is 8.78 Å². The van der Waals surface area contributed by atoms with Crippen LogP contribution in [0.1, 0.15) is 51.0 Å². The van der Waals surface area contributed by atoms with Crippen molar-refractivity contribution in [2.75, 3.05) is 13.1 Å². The highest BCUT2D eigenvalue weighted by atomic mass is 19.2. The lowest BCUT2D eigenvalue weighted by molar-refractivity contribution is -0.134. The molecule has 1 aliphatic heterocycles. The van der Waals surface area contributed by atoms with Crippen LogP contribution in [-0.2, 0) is 9.59 Å². The molecule has 5 nitrogen and oxygen atoms in total. The number of aliphatic hydroxyl groups excluding tert-OH is 1. The Morgan fingerprint density at radius 3 is 2.67 bits per heavy atom. The maximum Gasteiger partial charge on any atom is 0.223 e. The van der Waals surface area contributed by atoms with Crippen molar-refractivity contribution in [1.29, 1.82) is 0 Å². The molecule has 1 aromatic rings. The average Bonchev–Trinajstić information content (AvgIpc) is 2.96. The maximum atomic E-state index is 13.4. The number of amides is 2. The topological polar surface area (TPSA) is 69.6 Å². The predicted molar refractivity (Wildman–Crippen MR) is 95.9 cm³/mol. The zero-order chi connectivity index (χ0) is 19.8. The Morgan fingerprint density at radius 1 is 1.33 bits per heavy atom. The molecule has 2 atom stereocenters. The van der Waals surface area contributed by atoms with Gasteiger partial charge in [0.15, 0.2) is 11.6 Å². The molecule has 2 amide bonds. The van der Waals surface area contributed by atoms with E-state index < -0.39 is 17.2 Å². The van der Waals surface area contributed by atoms with Gasteiger partial charge in [-0.1, -0.05) is 13.0 Å². The fraction of sp³-hybridized carbons (Fsp3) is 0.600. The average molecular weight is 380 g/mol. The molecule has 2 N–H and O–H groups in total. The molecule has 0 bridgehead atoms. The van der Waals surface area contributed by atoms with Gasteiger partial charge in [-0.25, -0.2) is 8.78 Å². The normalized spacial score (nSPS) is 28.6. The van der Waals surface area contributed by atoms with E-state index in [2.05, 4.69) is 5.32 Å². The largest absolute Gasteiger partial charge is 0.393 e. The second kappa shape index (κ2) is 7.54. The molecule has 0 aromatic heterocycles. The highest BCUT2D eigenvalue weighted by Gasteiger charge is 2.41. The lowest BCUT2D eigenvalue weighted by atomic mass is 9.81. The van der Waals surface area contributed by atoms with Crippen molar-refractivity contribution in [3.8, 4) is 0 Å². The minimum absolute atomic E-state index is 0.0627. The third-order valence-corrected chi connectivity index (χ3v) is 5.73. The van der Waals surface area contributed by atoms with Crippen LogP contribution in [0.2, 0.25) is 0 Å². The first kappa shape index (κ1) is 19.7. The fourth-order valence-electron chi connectivity index (χ4n) is 3.81. The summed E-state index contributed by atoms with van der Waals surface area (Å²) in [7, 11) is 0. The summed E-state index contributed by atoms with van der Waals surface area (Å²) in [5, 5.41) is 12.4. The predicted octanol–water partition coefficient (Wildman–Crippen LogP) is 2.34. The van der Waals surface area contributed by atoms with Crippen LogP contribution < -0.4 is 5.32 Å². The second-order valence-corrected chi connectivity index (χ2v) is 8.22. The van der Waals surface area contributed by atoms with Gasteiger partial charge in [0.2, 0.25) is 11.8 Å². The summed E-state index contributed by atoms with van der Waals surface area (Å²) in [4.78, 5) is 26.6. The molecular weight excluding hydrogens is 354 g/mol. The van der Waals surface area contributed by atoms with Gasteiger partial charge in [-0.3, -0.25) is 9.59 Å². The maximum absolute atomic E-state index is 13.4. The first-order valence-electron chi connectivity index (χ1n) is 9.40. The van der Waals surface area contributed by atoms with E-state index in [-0.39, 0.29) is 36.2 Å². The standard InChI is InChI=1S/C20H26F2N2O3/c1-12(13-3-4-16(21)17(22)10-13)7-18(26)24-6-5-20(2,11-24)23-19(27)14-8-15(25)9-14/h3-4,10,12,14-15,25H,5-9,11H2,1-2H3,(H,23,27). The van der Waals surface area contributed by atoms with Crippen molar-refractivity contribution < 1.29 is 23.5 Å². The van der Waals surface area contributed by atoms with Crippen LogP contribution >= 0.6 is 0 Å². The number of hydrogen-bond acceptors (Lipinski definition) is 3. The first-order valence-corrected chi connectivity index (χ1v) is 9.40. The molecule has 2 aliphatic rings. The molecule has 7 heteroatoms. The van der Waals surface area contributed by atoms with E-state index in [4.69, 9.17) is 0 Å². The lowest BCUT2D eigenvalue weighted by Gasteiger charge is -2.34. The Hall–Kier alpha value is -2.02. The van der Waals surface area contributed by atoms with Gasteiger partial charge in [0, 0.05) is 25.4 Å². The number of nitrogens with zero attached hydrogens (tertiary/aromatic N) is 1. The number of likely N-dealkylation sites (tertiary alicyclic amines) is 1. The summed E-state index contributed by atoms with van der Waals surface area (Å²) in [5.74, 6) is -2.32. The quantitative estimate of drug-likeness (QED) is 0.824. The molecule has 27 heavy (non-hydrogen) atoms. The number of hydrogen-bond donors (Lipinski definition) is 2. The van der Waals surface area contributed by atoms with Crippen molar-refractivity contribution in [3.63, 3.8) is 0 Å². The van der Waals surface area contributed by atoms with E-state index in [9.17, 15) is 23.5 Å². The smallest absolute Gasteiger partial charge is 0.223 e. The van der Waals surface area contributed by atoms with Crippen LogP contribution in [0.25, 0.3) is 0 Å².